The van der Waals surface area contributed by atoms with Gasteiger partial charge >= 0.3 is 0 Å². The first-order valence-corrected chi connectivity index (χ1v) is 19.0. The maximum absolute atomic E-state index is 3.90. The van der Waals surface area contributed by atoms with Crippen LogP contribution in [0.15, 0.2) is 170 Å². The van der Waals surface area contributed by atoms with Gasteiger partial charge in [-0.25, -0.2) is 0 Å². The summed E-state index contributed by atoms with van der Waals surface area (Å²) < 4.78 is 1.32. The molecule has 0 saturated carbocycles. The van der Waals surface area contributed by atoms with Crippen molar-refractivity contribution in [3.8, 4) is 32.7 Å². The molecule has 10 rings (SSSR count). The Hall–Kier alpha value is -5.74. The van der Waals surface area contributed by atoms with Crippen molar-refractivity contribution in [3.63, 3.8) is 0 Å². The van der Waals surface area contributed by atoms with Gasteiger partial charge in [0, 0.05) is 20.7 Å². The van der Waals surface area contributed by atoms with Crippen LogP contribution in [0.2, 0.25) is 0 Å². The van der Waals surface area contributed by atoms with E-state index in [2.05, 4.69) is 194 Å². The highest BCUT2D eigenvalue weighted by Gasteiger charge is 2.37. The Morgan fingerprint density at radius 3 is 2.02 bits per heavy atom. The van der Waals surface area contributed by atoms with E-state index in [1.54, 1.807) is 0 Å². The van der Waals surface area contributed by atoms with Crippen LogP contribution >= 0.6 is 11.3 Å². The Morgan fingerprint density at radius 1 is 0.519 bits per heavy atom. The summed E-state index contributed by atoms with van der Waals surface area (Å²) in [7, 11) is 0. The zero-order valence-electron chi connectivity index (χ0n) is 29.2. The number of hydrogen-bond donors (Lipinski definition) is 2. The fraction of sp³-hybridized carbons (Fsp3) is 0.102. The first-order chi connectivity index (χ1) is 25.5. The molecule has 3 heteroatoms. The fourth-order valence-electron chi connectivity index (χ4n) is 8.39. The monoisotopic (exact) mass is 686 g/mol. The molecule has 0 amide bonds. The second-order valence-electron chi connectivity index (χ2n) is 14.7. The largest absolute Gasteiger partial charge is 0.366 e. The van der Waals surface area contributed by atoms with Crippen molar-refractivity contribution >= 4 is 37.9 Å². The summed E-state index contributed by atoms with van der Waals surface area (Å²) in [5.41, 5.74) is 14.0. The Bertz CT molecular complexity index is 2630. The summed E-state index contributed by atoms with van der Waals surface area (Å²) in [5, 5.41) is 11.6. The molecule has 1 aromatic heterocycles. The number of rotatable bonds is 5. The van der Waals surface area contributed by atoms with Gasteiger partial charge in [0.1, 0.15) is 6.17 Å². The van der Waals surface area contributed by atoms with E-state index in [0.717, 1.165) is 5.70 Å². The molecule has 7 aromatic carbocycles. The highest BCUT2D eigenvalue weighted by atomic mass is 32.1. The number of nitrogens with one attached hydrogen (secondary N) is 2. The first kappa shape index (κ1) is 31.0. The maximum atomic E-state index is 3.90. The highest BCUT2D eigenvalue weighted by molar-refractivity contribution is 7.22. The second kappa shape index (κ2) is 12.2. The van der Waals surface area contributed by atoms with Crippen molar-refractivity contribution in [2.75, 3.05) is 0 Å². The molecular weight excluding hydrogens is 649 g/mol. The molecule has 0 bridgehead atoms. The van der Waals surface area contributed by atoms with E-state index in [1.807, 2.05) is 11.3 Å². The Morgan fingerprint density at radius 2 is 1.21 bits per heavy atom. The Balaban J connectivity index is 1.03. The number of fused-ring (bicyclic) bond motifs is 5. The standard InChI is InChI=1S/C49H38N2S/c1-49(2)41-20-11-19-39(47(41)40-27-34-14-6-7-15-35(34)28-42(40)49)31-22-24-32(25-23-31)43-30-44(51-48(50-43)33-12-4-3-5-13-33)36-17-10-18-37(26-36)46-29-38-16-8-9-21-45(38)52-46/h3-30,44,48,50-51H,1-2H3. The predicted octanol–water partition coefficient (Wildman–Crippen LogP) is 12.7. The molecule has 0 radical (unpaired) electrons. The van der Waals surface area contributed by atoms with E-state index in [1.165, 1.54) is 81.4 Å². The van der Waals surface area contributed by atoms with Crippen LogP contribution in [0.1, 0.15) is 53.9 Å². The molecule has 2 atom stereocenters. The predicted molar refractivity (Wildman–Crippen MR) is 220 cm³/mol. The van der Waals surface area contributed by atoms with E-state index >= 15 is 0 Å². The van der Waals surface area contributed by atoms with Crippen molar-refractivity contribution in [1.29, 1.82) is 0 Å². The van der Waals surface area contributed by atoms with Crippen LogP contribution in [0.25, 0.3) is 59.3 Å². The molecule has 1 aliphatic carbocycles. The van der Waals surface area contributed by atoms with Crippen molar-refractivity contribution in [3.05, 3.63) is 198 Å². The topological polar surface area (TPSA) is 24.1 Å². The van der Waals surface area contributed by atoms with Crippen LogP contribution in [0.5, 0.6) is 0 Å². The summed E-state index contributed by atoms with van der Waals surface area (Å²) in [6.07, 6.45) is 2.31. The van der Waals surface area contributed by atoms with Gasteiger partial charge in [0.25, 0.3) is 0 Å². The van der Waals surface area contributed by atoms with Crippen molar-refractivity contribution in [1.82, 2.24) is 10.6 Å². The van der Waals surface area contributed by atoms with Crippen molar-refractivity contribution in [2.24, 2.45) is 0 Å². The zero-order valence-corrected chi connectivity index (χ0v) is 30.0. The molecule has 2 unspecified atom stereocenters. The third-order valence-corrected chi connectivity index (χ3v) is 12.3. The lowest BCUT2D eigenvalue weighted by Gasteiger charge is -2.33. The molecule has 250 valence electrons. The average Bonchev–Trinajstić information content (AvgIpc) is 3.74. The normalized spacial score (nSPS) is 17.4. The quantitative estimate of drug-likeness (QED) is 0.188. The van der Waals surface area contributed by atoms with Gasteiger partial charge in [-0.3, -0.25) is 5.32 Å². The molecule has 52 heavy (non-hydrogen) atoms. The van der Waals surface area contributed by atoms with Crippen LogP contribution in [0.3, 0.4) is 0 Å². The van der Waals surface area contributed by atoms with Crippen LogP contribution in [0, 0.1) is 0 Å². The lowest BCUT2D eigenvalue weighted by molar-refractivity contribution is 0.443. The number of thiophene rings is 1. The number of hydrogen-bond acceptors (Lipinski definition) is 3. The van der Waals surface area contributed by atoms with Gasteiger partial charge in [0.05, 0.1) is 6.04 Å². The van der Waals surface area contributed by atoms with E-state index in [4.69, 9.17) is 0 Å². The van der Waals surface area contributed by atoms with Gasteiger partial charge in [-0.2, -0.15) is 0 Å². The minimum Gasteiger partial charge on any atom is -0.366 e. The lowest BCUT2D eigenvalue weighted by Crippen LogP contribution is -2.39. The van der Waals surface area contributed by atoms with Crippen LogP contribution in [-0.2, 0) is 5.41 Å². The third-order valence-electron chi connectivity index (χ3n) is 11.1. The van der Waals surface area contributed by atoms with E-state index in [0.29, 0.717) is 0 Å². The first-order valence-electron chi connectivity index (χ1n) is 18.2. The van der Waals surface area contributed by atoms with Gasteiger partial charge in [0.2, 0.25) is 0 Å². The molecule has 2 nitrogen and oxygen atoms in total. The Kier molecular flexibility index (Phi) is 7.28. The summed E-state index contributed by atoms with van der Waals surface area (Å²) in [6, 6.07) is 60.3. The zero-order chi connectivity index (χ0) is 34.8. The maximum Gasteiger partial charge on any atom is 0.104 e. The molecule has 0 spiro atoms. The smallest absolute Gasteiger partial charge is 0.104 e. The average molecular weight is 687 g/mol. The van der Waals surface area contributed by atoms with Gasteiger partial charge in [-0.15, -0.1) is 11.3 Å². The summed E-state index contributed by atoms with van der Waals surface area (Å²) >= 11 is 1.86. The molecule has 0 saturated heterocycles. The highest BCUT2D eigenvalue weighted by Crippen LogP contribution is 2.53. The molecule has 8 aromatic rings. The van der Waals surface area contributed by atoms with Crippen LogP contribution in [-0.4, -0.2) is 0 Å². The van der Waals surface area contributed by atoms with E-state index < -0.39 is 0 Å². The van der Waals surface area contributed by atoms with Crippen LogP contribution < -0.4 is 10.6 Å². The van der Waals surface area contributed by atoms with Gasteiger partial charge in [-0.1, -0.05) is 147 Å². The van der Waals surface area contributed by atoms with Gasteiger partial charge in [0.15, 0.2) is 0 Å². The van der Waals surface area contributed by atoms with Gasteiger partial charge in [-0.05, 0) is 108 Å². The van der Waals surface area contributed by atoms with Crippen LogP contribution in [0.4, 0.5) is 0 Å². The molecule has 2 aliphatic rings. The minimum atomic E-state index is -0.0653. The number of benzene rings is 7. The summed E-state index contributed by atoms with van der Waals surface area (Å²) in [6.45, 7) is 4.73. The van der Waals surface area contributed by atoms with Crippen molar-refractivity contribution in [2.45, 2.75) is 31.5 Å². The third kappa shape index (κ3) is 5.20. The molecule has 2 heterocycles. The molecule has 0 fully saturated rings. The summed E-state index contributed by atoms with van der Waals surface area (Å²) in [4.78, 5) is 1.29. The van der Waals surface area contributed by atoms with E-state index in [-0.39, 0.29) is 17.6 Å². The van der Waals surface area contributed by atoms with Crippen molar-refractivity contribution < 1.29 is 0 Å². The summed E-state index contributed by atoms with van der Waals surface area (Å²) in [5.74, 6) is 0. The lowest BCUT2D eigenvalue weighted by atomic mass is 9.81. The van der Waals surface area contributed by atoms with Gasteiger partial charge < -0.3 is 5.32 Å². The Labute approximate surface area is 309 Å². The second-order valence-corrected chi connectivity index (χ2v) is 15.7. The minimum absolute atomic E-state index is 0.0291. The molecular formula is C49H38N2S. The molecule has 1 aliphatic heterocycles. The molecule has 2 N–H and O–H groups in total. The van der Waals surface area contributed by atoms with E-state index in [9.17, 15) is 0 Å². The fourth-order valence-corrected chi connectivity index (χ4v) is 9.45. The SMILES string of the molecule is CC1(C)c2cc3ccccc3cc2-c2c(-c3ccc(C4=CC(c5cccc(-c6cc7ccccc7s6)c5)NC(c5ccccc5)N4)cc3)cccc21.